The third-order valence-corrected chi connectivity index (χ3v) is 5.98. The standard InChI is InChI=1S/4C6H12O7.Ca.Mg/c4*7-1-2(8)3(9)4(10)5(11)6(12)13;;/h4*2-5,7-11H,1H2,(H,12,13);;/q;;;;2*+2/p-4. The summed E-state index contributed by atoms with van der Waals surface area (Å²) in [5, 5.41) is 214. The normalized spacial score (nSPS) is 19.6. The van der Waals surface area contributed by atoms with Gasteiger partial charge in [0.15, 0.2) is 0 Å². The quantitative estimate of drug-likeness (QED) is 0.0506. The number of carbonyl (C=O) groups excluding carboxylic acids is 4. The third-order valence-electron chi connectivity index (χ3n) is 5.98. The van der Waals surface area contributed by atoms with Crippen LogP contribution in [-0.4, -0.2) is 311 Å². The summed E-state index contributed by atoms with van der Waals surface area (Å²) in [4.78, 5) is 39.9. The zero-order valence-electron chi connectivity index (χ0n) is 27.7. The van der Waals surface area contributed by atoms with E-state index in [9.17, 15) is 39.6 Å². The molecule has 0 heterocycles. The molecule has 16 atom stereocenters. The monoisotopic (exact) mass is 844 g/mol. The van der Waals surface area contributed by atoms with Crippen molar-refractivity contribution in [2.45, 2.75) is 97.7 Å². The van der Waals surface area contributed by atoms with E-state index in [0.717, 1.165) is 0 Å². The van der Waals surface area contributed by atoms with Crippen LogP contribution in [0, 0.1) is 0 Å². The first-order valence-electron chi connectivity index (χ1n) is 13.8. The molecular weight excluding hydrogens is 801 g/mol. The summed E-state index contributed by atoms with van der Waals surface area (Å²) < 4.78 is 0. The van der Waals surface area contributed by atoms with Crippen LogP contribution in [0.15, 0.2) is 0 Å². The van der Waals surface area contributed by atoms with E-state index in [-0.39, 0.29) is 60.8 Å². The fourth-order valence-electron chi connectivity index (χ4n) is 2.65. The van der Waals surface area contributed by atoms with E-state index >= 15 is 0 Å². The van der Waals surface area contributed by atoms with Gasteiger partial charge in [-0.2, -0.15) is 0 Å². The number of carboxylic acid groups (broad SMARTS) is 4. The molecule has 0 aliphatic rings. The van der Waals surface area contributed by atoms with Gasteiger partial charge in [0, 0.05) is 0 Å². The molecule has 0 saturated carbocycles. The number of rotatable bonds is 20. The maximum absolute atomic E-state index is 9.98. The molecule has 16 unspecified atom stereocenters. The predicted octanol–water partition coefficient (Wildman–Crippen LogP) is -20.1. The molecule has 0 aliphatic carbocycles. The summed E-state index contributed by atoms with van der Waals surface area (Å²) in [6.07, 6.45) is -32.3. The van der Waals surface area contributed by atoms with E-state index in [1.54, 1.807) is 0 Å². The van der Waals surface area contributed by atoms with Crippen molar-refractivity contribution in [1.82, 2.24) is 0 Å². The Hall–Kier alpha value is -0.894. The fourth-order valence-corrected chi connectivity index (χ4v) is 2.65. The first-order valence-corrected chi connectivity index (χ1v) is 13.8. The number of carbonyl (C=O) groups is 4. The van der Waals surface area contributed by atoms with Gasteiger partial charge >= 0.3 is 60.8 Å². The second kappa shape index (κ2) is 34.2. The topological polar surface area (TPSA) is 565 Å². The Morgan fingerprint density at radius 3 is 0.500 bits per heavy atom. The van der Waals surface area contributed by atoms with E-state index in [1.165, 1.54) is 0 Å². The van der Waals surface area contributed by atoms with E-state index in [1.807, 2.05) is 0 Å². The van der Waals surface area contributed by atoms with Crippen molar-refractivity contribution in [3.63, 3.8) is 0 Å². The molecule has 0 amide bonds. The Labute approximate surface area is 348 Å². The molecule has 0 aromatic heterocycles. The van der Waals surface area contributed by atoms with Gasteiger partial charge < -0.3 is 142 Å². The van der Waals surface area contributed by atoms with Gasteiger partial charge in [-0.25, -0.2) is 0 Å². The minimum atomic E-state index is -2.31. The number of hydrogen-bond acceptors (Lipinski definition) is 28. The predicted molar refractivity (Wildman–Crippen MR) is 156 cm³/mol. The van der Waals surface area contributed by atoms with Crippen LogP contribution in [0.25, 0.3) is 0 Å². The minimum Gasteiger partial charge on any atom is -0.547 e. The van der Waals surface area contributed by atoms with Crippen LogP contribution in [0.5, 0.6) is 0 Å². The molecule has 0 aromatic rings. The summed E-state index contributed by atoms with van der Waals surface area (Å²) in [5.41, 5.74) is 0. The SMILES string of the molecule is O=C([O-])C(O)C(O)C(O)C(O)CO.O=C([O-])C(O)C(O)C(O)C(O)CO.O=C([O-])C(O)C(O)C(O)C(O)CO.O=C([O-])C(O)C(O)C(O)C(O)CO.[Ca+2].[Mg+2]. The minimum absolute atomic E-state index is 0. The molecule has 0 aromatic carbocycles. The van der Waals surface area contributed by atoms with Crippen LogP contribution in [0.3, 0.4) is 0 Å². The Morgan fingerprint density at radius 2 is 0.426 bits per heavy atom. The van der Waals surface area contributed by atoms with Crippen molar-refractivity contribution >= 4 is 84.7 Å². The van der Waals surface area contributed by atoms with E-state index in [0.29, 0.717) is 0 Å². The number of carboxylic acids is 4. The van der Waals surface area contributed by atoms with E-state index < -0.39 is 148 Å². The van der Waals surface area contributed by atoms with Gasteiger partial charge in [-0.3, -0.25) is 0 Å². The average molecular weight is 845 g/mol. The van der Waals surface area contributed by atoms with Crippen LogP contribution in [0.4, 0.5) is 0 Å². The van der Waals surface area contributed by atoms with Crippen molar-refractivity contribution in [2.75, 3.05) is 26.4 Å². The van der Waals surface area contributed by atoms with Crippen LogP contribution in [0.2, 0.25) is 0 Å². The molecule has 0 rings (SSSR count). The summed E-state index contributed by atoms with van der Waals surface area (Å²) >= 11 is 0. The molecule has 30 heteroatoms. The van der Waals surface area contributed by atoms with Gasteiger partial charge in [0.2, 0.25) is 0 Å². The number of hydrogen-bond donors (Lipinski definition) is 20. The number of aliphatic hydroxyl groups is 20. The molecule has 0 aliphatic heterocycles. The molecule has 54 heavy (non-hydrogen) atoms. The number of aliphatic hydroxyl groups excluding tert-OH is 20. The summed E-state index contributed by atoms with van der Waals surface area (Å²) in [5.74, 6) is -7.90. The van der Waals surface area contributed by atoms with Crippen molar-refractivity contribution < 1.29 is 142 Å². The zero-order chi connectivity index (χ0) is 42.4. The Bertz CT molecular complexity index is 848. The zero-order valence-corrected chi connectivity index (χ0v) is 31.3. The maximum atomic E-state index is 9.98. The van der Waals surface area contributed by atoms with Gasteiger partial charge in [-0.1, -0.05) is 0 Å². The Kier molecular flexibility index (Phi) is 41.1. The molecule has 0 radical (unpaired) electrons. The van der Waals surface area contributed by atoms with Crippen LogP contribution < -0.4 is 20.4 Å². The third kappa shape index (κ3) is 25.4. The van der Waals surface area contributed by atoms with Crippen molar-refractivity contribution in [1.29, 1.82) is 0 Å². The molecule has 28 nitrogen and oxygen atoms in total. The van der Waals surface area contributed by atoms with E-state index in [4.69, 9.17) is 102 Å². The molecule has 0 spiro atoms. The fraction of sp³-hybridized carbons (Fsp3) is 0.833. The van der Waals surface area contributed by atoms with E-state index in [2.05, 4.69) is 0 Å². The molecule has 20 N–H and O–H groups in total. The Morgan fingerprint density at radius 1 is 0.315 bits per heavy atom. The van der Waals surface area contributed by atoms with Gasteiger partial charge in [0.1, 0.15) is 97.7 Å². The van der Waals surface area contributed by atoms with Crippen molar-refractivity contribution in [2.24, 2.45) is 0 Å². The molecular formula is C24H44CaMgO28. The van der Waals surface area contributed by atoms with Crippen molar-refractivity contribution in [3.05, 3.63) is 0 Å². The van der Waals surface area contributed by atoms with Crippen LogP contribution >= 0.6 is 0 Å². The largest absolute Gasteiger partial charge is 2.00 e. The molecule has 312 valence electrons. The maximum Gasteiger partial charge on any atom is 2.00 e. The summed E-state index contributed by atoms with van der Waals surface area (Å²) in [6, 6.07) is 0. The molecule has 0 bridgehead atoms. The summed E-state index contributed by atoms with van der Waals surface area (Å²) in [6.45, 7) is -3.45. The first-order chi connectivity index (χ1) is 23.7. The van der Waals surface area contributed by atoms with Gasteiger partial charge in [-0.15, -0.1) is 0 Å². The average Bonchev–Trinajstić information content (AvgIpc) is 3.12. The first kappa shape index (κ1) is 65.0. The van der Waals surface area contributed by atoms with Crippen molar-refractivity contribution in [3.8, 4) is 0 Å². The second-order valence-corrected chi connectivity index (χ2v) is 9.98. The second-order valence-electron chi connectivity index (χ2n) is 9.98. The van der Waals surface area contributed by atoms with Crippen LogP contribution in [-0.2, 0) is 19.2 Å². The molecule has 0 fully saturated rings. The Balaban J connectivity index is -0.000000140. The van der Waals surface area contributed by atoms with Gasteiger partial charge in [0.05, 0.1) is 50.3 Å². The molecule has 0 saturated heterocycles. The van der Waals surface area contributed by atoms with Gasteiger partial charge in [-0.05, 0) is 0 Å². The summed E-state index contributed by atoms with van der Waals surface area (Å²) in [7, 11) is 0. The number of aliphatic carboxylic acids is 4. The van der Waals surface area contributed by atoms with Crippen LogP contribution in [0.1, 0.15) is 0 Å². The smallest absolute Gasteiger partial charge is 0.547 e. The van der Waals surface area contributed by atoms with Gasteiger partial charge in [0.25, 0.3) is 0 Å².